The fraction of sp³-hybridized carbons (Fsp3) is 0.571. The van der Waals surface area contributed by atoms with Crippen molar-refractivity contribution in [2.45, 2.75) is 32.3 Å². The zero-order valence-electron chi connectivity index (χ0n) is 11.1. The average molecular weight is 254 g/mol. The number of hydrogen-bond donors (Lipinski definition) is 2. The number of aliphatic hydroxyl groups is 2. The van der Waals surface area contributed by atoms with Gasteiger partial charge in [-0.2, -0.15) is 0 Å². The van der Waals surface area contributed by atoms with Gasteiger partial charge in [0.15, 0.2) is 0 Å². The first-order valence-corrected chi connectivity index (χ1v) is 6.28. The number of ether oxygens (including phenoxy) is 2. The van der Waals surface area contributed by atoms with E-state index < -0.39 is 6.10 Å². The molecule has 4 nitrogen and oxygen atoms in total. The van der Waals surface area contributed by atoms with E-state index >= 15 is 0 Å². The molecule has 1 aromatic carbocycles. The van der Waals surface area contributed by atoms with E-state index in [-0.39, 0.29) is 6.61 Å². The van der Waals surface area contributed by atoms with E-state index in [1.54, 1.807) is 26.2 Å². The van der Waals surface area contributed by atoms with Crippen LogP contribution in [0.4, 0.5) is 0 Å². The first-order chi connectivity index (χ1) is 8.69. The van der Waals surface area contributed by atoms with Crippen LogP contribution in [0.15, 0.2) is 18.2 Å². The van der Waals surface area contributed by atoms with Gasteiger partial charge >= 0.3 is 0 Å². The second-order valence-corrected chi connectivity index (χ2v) is 4.21. The number of rotatable bonds is 8. The van der Waals surface area contributed by atoms with Gasteiger partial charge in [-0.25, -0.2) is 0 Å². The number of benzene rings is 1. The highest BCUT2D eigenvalue weighted by Crippen LogP contribution is 2.29. The molecule has 1 atom stereocenters. The molecular formula is C14H22O4. The molecule has 0 aliphatic rings. The van der Waals surface area contributed by atoms with Crippen LogP contribution >= 0.6 is 0 Å². The lowest BCUT2D eigenvalue weighted by molar-refractivity contribution is 0.190. The summed E-state index contributed by atoms with van der Waals surface area (Å²) in [7, 11) is 1.60. The number of hydrogen-bond acceptors (Lipinski definition) is 4. The molecule has 0 fully saturated rings. The molecule has 0 aliphatic carbocycles. The van der Waals surface area contributed by atoms with Crippen LogP contribution < -0.4 is 9.47 Å². The molecule has 1 aromatic rings. The predicted octanol–water partition coefficient (Wildman–Crippen LogP) is 2.29. The van der Waals surface area contributed by atoms with Crippen LogP contribution in [0.2, 0.25) is 0 Å². The highest BCUT2D eigenvalue weighted by Gasteiger charge is 2.10. The number of unbranched alkanes of at least 4 members (excludes halogenated alkanes) is 2. The van der Waals surface area contributed by atoms with Crippen molar-refractivity contribution in [1.29, 1.82) is 0 Å². The molecule has 2 N–H and O–H groups in total. The van der Waals surface area contributed by atoms with Gasteiger partial charge < -0.3 is 19.7 Å². The van der Waals surface area contributed by atoms with Crippen molar-refractivity contribution in [3.63, 3.8) is 0 Å². The Morgan fingerprint density at radius 3 is 2.61 bits per heavy atom. The minimum atomic E-state index is -0.566. The van der Waals surface area contributed by atoms with Gasteiger partial charge in [0.25, 0.3) is 0 Å². The Labute approximate surface area is 108 Å². The van der Waals surface area contributed by atoms with Gasteiger partial charge in [-0.3, -0.25) is 0 Å². The zero-order chi connectivity index (χ0) is 13.4. The maximum absolute atomic E-state index is 9.66. The second kappa shape index (κ2) is 7.95. The van der Waals surface area contributed by atoms with E-state index in [1.807, 2.05) is 6.07 Å². The molecule has 4 heteroatoms. The van der Waals surface area contributed by atoms with E-state index in [0.717, 1.165) is 24.8 Å². The van der Waals surface area contributed by atoms with Gasteiger partial charge in [-0.1, -0.05) is 0 Å². The monoisotopic (exact) mass is 254 g/mol. The molecule has 0 saturated carbocycles. The van der Waals surface area contributed by atoms with Crippen LogP contribution in [0.25, 0.3) is 0 Å². The summed E-state index contributed by atoms with van der Waals surface area (Å²) >= 11 is 0. The van der Waals surface area contributed by atoms with Crippen LogP contribution in [0, 0.1) is 0 Å². The molecule has 0 aliphatic heterocycles. The third kappa shape index (κ3) is 4.55. The minimum Gasteiger partial charge on any atom is -0.497 e. The normalized spacial score (nSPS) is 12.2. The minimum absolute atomic E-state index is 0.220. The third-order valence-corrected chi connectivity index (χ3v) is 2.73. The van der Waals surface area contributed by atoms with Crippen molar-refractivity contribution in [3.8, 4) is 11.5 Å². The maximum atomic E-state index is 9.66. The largest absolute Gasteiger partial charge is 0.497 e. The Bertz CT molecular complexity index is 350. The molecule has 1 rings (SSSR count). The van der Waals surface area contributed by atoms with Gasteiger partial charge in [0, 0.05) is 18.2 Å². The Kier molecular flexibility index (Phi) is 6.54. The Morgan fingerprint density at radius 2 is 2.00 bits per heavy atom. The average Bonchev–Trinajstić information content (AvgIpc) is 2.38. The Balaban J connectivity index is 2.60. The lowest BCUT2D eigenvalue weighted by atomic mass is 10.1. The van der Waals surface area contributed by atoms with E-state index in [1.165, 1.54) is 0 Å². The first kappa shape index (κ1) is 14.8. The summed E-state index contributed by atoms with van der Waals surface area (Å²) in [5.74, 6) is 1.37. The van der Waals surface area contributed by atoms with Gasteiger partial charge in [0.05, 0.1) is 19.8 Å². The van der Waals surface area contributed by atoms with Gasteiger partial charge in [0.2, 0.25) is 0 Å². The molecule has 0 radical (unpaired) electrons. The van der Waals surface area contributed by atoms with Crippen molar-refractivity contribution in [3.05, 3.63) is 23.8 Å². The fourth-order valence-corrected chi connectivity index (χ4v) is 1.68. The highest BCUT2D eigenvalue weighted by atomic mass is 16.5. The lowest BCUT2D eigenvalue weighted by Gasteiger charge is -2.14. The van der Waals surface area contributed by atoms with Gasteiger partial charge in [-0.05, 0) is 38.3 Å². The molecule has 0 spiro atoms. The SMILES string of the molecule is COc1ccc(C(C)O)c(OCCCCCO)c1. The lowest BCUT2D eigenvalue weighted by Crippen LogP contribution is -2.03. The van der Waals surface area contributed by atoms with E-state index in [0.29, 0.717) is 18.1 Å². The van der Waals surface area contributed by atoms with Crippen LogP contribution in [0.5, 0.6) is 11.5 Å². The molecule has 18 heavy (non-hydrogen) atoms. The summed E-state index contributed by atoms with van der Waals surface area (Å²) in [4.78, 5) is 0. The quantitative estimate of drug-likeness (QED) is 0.699. The van der Waals surface area contributed by atoms with Crippen LogP contribution in [0.1, 0.15) is 37.9 Å². The molecule has 1 unspecified atom stereocenters. The smallest absolute Gasteiger partial charge is 0.128 e. The van der Waals surface area contributed by atoms with Crippen LogP contribution in [-0.2, 0) is 0 Å². The summed E-state index contributed by atoms with van der Waals surface area (Å²) in [5, 5.41) is 18.3. The molecular weight excluding hydrogens is 232 g/mol. The molecule has 0 heterocycles. The fourth-order valence-electron chi connectivity index (χ4n) is 1.68. The number of aliphatic hydroxyl groups excluding tert-OH is 2. The predicted molar refractivity (Wildman–Crippen MR) is 70.1 cm³/mol. The van der Waals surface area contributed by atoms with E-state index in [2.05, 4.69) is 0 Å². The Morgan fingerprint density at radius 1 is 1.22 bits per heavy atom. The summed E-state index contributed by atoms with van der Waals surface area (Å²) in [6.07, 6.45) is 2.05. The standard InChI is InChI=1S/C14H22O4/c1-11(16)13-7-6-12(17-2)10-14(13)18-9-5-3-4-8-15/h6-7,10-11,15-16H,3-5,8-9H2,1-2H3. The second-order valence-electron chi connectivity index (χ2n) is 4.21. The van der Waals surface area contributed by atoms with Crippen molar-refractivity contribution < 1.29 is 19.7 Å². The number of methoxy groups -OCH3 is 1. The van der Waals surface area contributed by atoms with Crippen molar-refractivity contribution in [2.75, 3.05) is 20.3 Å². The van der Waals surface area contributed by atoms with Crippen molar-refractivity contribution >= 4 is 0 Å². The topological polar surface area (TPSA) is 58.9 Å². The third-order valence-electron chi connectivity index (χ3n) is 2.73. The van der Waals surface area contributed by atoms with Crippen LogP contribution in [0.3, 0.4) is 0 Å². The van der Waals surface area contributed by atoms with Crippen molar-refractivity contribution in [1.82, 2.24) is 0 Å². The molecule has 0 amide bonds. The van der Waals surface area contributed by atoms with E-state index in [4.69, 9.17) is 14.6 Å². The molecule has 0 aromatic heterocycles. The molecule has 0 bridgehead atoms. The van der Waals surface area contributed by atoms with Crippen LogP contribution in [-0.4, -0.2) is 30.5 Å². The first-order valence-electron chi connectivity index (χ1n) is 6.28. The molecule has 102 valence electrons. The van der Waals surface area contributed by atoms with Gasteiger partial charge in [-0.15, -0.1) is 0 Å². The zero-order valence-corrected chi connectivity index (χ0v) is 11.1. The van der Waals surface area contributed by atoms with Gasteiger partial charge in [0.1, 0.15) is 11.5 Å². The highest BCUT2D eigenvalue weighted by molar-refractivity contribution is 5.41. The molecule has 0 saturated heterocycles. The Hall–Kier alpha value is -1.26. The summed E-state index contributed by atoms with van der Waals surface area (Å²) < 4.78 is 10.8. The van der Waals surface area contributed by atoms with E-state index in [9.17, 15) is 5.11 Å². The maximum Gasteiger partial charge on any atom is 0.128 e. The summed E-state index contributed by atoms with van der Waals surface area (Å²) in [6, 6.07) is 5.40. The summed E-state index contributed by atoms with van der Waals surface area (Å²) in [6.45, 7) is 2.51. The van der Waals surface area contributed by atoms with Crippen molar-refractivity contribution in [2.24, 2.45) is 0 Å². The summed E-state index contributed by atoms with van der Waals surface area (Å²) in [5.41, 5.74) is 0.762.